The minimum absolute atomic E-state index is 0.0404. The summed E-state index contributed by atoms with van der Waals surface area (Å²) in [5, 5.41) is 21.4. The van der Waals surface area contributed by atoms with E-state index in [1.54, 1.807) is 60.6 Å². The van der Waals surface area contributed by atoms with Crippen LogP contribution < -0.4 is 27.0 Å². The molecule has 0 radical (unpaired) electrons. The number of carbonyl (C=O) groups excluding carboxylic acids is 5. The normalized spacial score (nSPS) is 12.9. The van der Waals surface area contributed by atoms with Crippen molar-refractivity contribution >= 4 is 35.7 Å². The number of amides is 4. The van der Waals surface area contributed by atoms with Crippen molar-refractivity contribution in [2.75, 3.05) is 144 Å². The fourth-order valence-corrected chi connectivity index (χ4v) is 6.37. The molecule has 3 atom stereocenters. The molecule has 0 fully saturated rings. The number of benzene rings is 1. The number of anilines is 1. The molecule has 0 saturated carbocycles. The van der Waals surface area contributed by atoms with E-state index in [9.17, 15) is 29.1 Å². The van der Waals surface area contributed by atoms with Crippen molar-refractivity contribution in [3.8, 4) is 5.75 Å². The summed E-state index contributed by atoms with van der Waals surface area (Å²) in [4.78, 5) is 61.7. The van der Waals surface area contributed by atoms with Gasteiger partial charge in [-0.3, -0.25) is 19.7 Å². The second kappa shape index (κ2) is 42.7. The molecule has 23 heteroatoms. The Balaban J connectivity index is 1.98. The molecular weight excluding hydrogens is 983 g/mol. The van der Waals surface area contributed by atoms with Gasteiger partial charge >= 0.3 is 18.2 Å². The second-order valence-electron chi connectivity index (χ2n) is 19.4. The lowest BCUT2D eigenvalue weighted by atomic mass is 9.95. The number of phenols is 1. The van der Waals surface area contributed by atoms with Crippen LogP contribution in [-0.2, 0) is 77.6 Å². The van der Waals surface area contributed by atoms with E-state index in [4.69, 9.17) is 62.6 Å². The highest BCUT2D eigenvalue weighted by Gasteiger charge is 2.27. The van der Waals surface area contributed by atoms with Gasteiger partial charge in [-0.2, -0.15) is 0 Å². The van der Waals surface area contributed by atoms with E-state index >= 15 is 0 Å². The number of hydrogen-bond acceptors (Lipinski definition) is 19. The highest BCUT2D eigenvalue weighted by atomic mass is 16.6. The van der Waals surface area contributed by atoms with E-state index in [0.29, 0.717) is 124 Å². The number of esters is 1. The number of unbranched alkanes of at least 4 members (excludes halogenated alkanes) is 2. The molecular formula is C52H93N5O18. The lowest BCUT2D eigenvalue weighted by molar-refractivity contribution is -0.159. The Morgan fingerprint density at radius 2 is 1.07 bits per heavy atom. The van der Waals surface area contributed by atoms with Gasteiger partial charge < -0.3 is 83.6 Å². The van der Waals surface area contributed by atoms with Crippen LogP contribution >= 0.6 is 0 Å². The molecule has 0 heterocycles. The molecule has 0 aliphatic rings. The third-order valence-corrected chi connectivity index (χ3v) is 10.0. The Morgan fingerprint density at radius 1 is 0.600 bits per heavy atom. The van der Waals surface area contributed by atoms with Crippen molar-refractivity contribution < 1.29 is 85.9 Å². The van der Waals surface area contributed by atoms with E-state index in [0.717, 1.165) is 25.7 Å². The largest absolute Gasteiger partial charge is 0.506 e. The molecule has 1 unspecified atom stereocenters. The predicted molar refractivity (Wildman–Crippen MR) is 280 cm³/mol. The predicted octanol–water partition coefficient (Wildman–Crippen LogP) is 4.42. The van der Waals surface area contributed by atoms with Gasteiger partial charge in [-0.05, 0) is 97.8 Å². The van der Waals surface area contributed by atoms with Gasteiger partial charge in [-0.25, -0.2) is 9.59 Å². The quantitative estimate of drug-likeness (QED) is 0.0228. The lowest BCUT2D eigenvalue weighted by Crippen LogP contribution is -2.42. The minimum atomic E-state index is -0.795. The van der Waals surface area contributed by atoms with Crippen LogP contribution in [0.25, 0.3) is 0 Å². The van der Waals surface area contributed by atoms with Gasteiger partial charge in [0.25, 0.3) is 0 Å². The van der Waals surface area contributed by atoms with Crippen LogP contribution in [0.4, 0.5) is 15.3 Å². The van der Waals surface area contributed by atoms with E-state index in [2.05, 4.69) is 28.2 Å². The molecule has 1 aromatic rings. The van der Waals surface area contributed by atoms with E-state index in [1.165, 1.54) is 6.07 Å². The van der Waals surface area contributed by atoms with Crippen LogP contribution in [0.15, 0.2) is 18.2 Å². The van der Waals surface area contributed by atoms with Gasteiger partial charge in [0.1, 0.15) is 30.2 Å². The first-order chi connectivity index (χ1) is 35.8. The van der Waals surface area contributed by atoms with Gasteiger partial charge in [0, 0.05) is 19.1 Å². The Morgan fingerprint density at radius 3 is 1.55 bits per heavy atom. The fraction of sp³-hybridized carbons (Fsp3) is 0.788. The maximum atomic E-state index is 12.7. The Hall–Kier alpha value is -4.43. The monoisotopic (exact) mass is 1080 g/mol. The van der Waals surface area contributed by atoms with Gasteiger partial charge in [0.15, 0.2) is 0 Å². The smallest absolute Gasteiger partial charge is 0.411 e. The van der Waals surface area contributed by atoms with Crippen molar-refractivity contribution in [3.63, 3.8) is 0 Å². The van der Waals surface area contributed by atoms with Gasteiger partial charge in [-0.1, -0.05) is 26.3 Å². The van der Waals surface area contributed by atoms with Crippen molar-refractivity contribution in [1.29, 1.82) is 0 Å². The van der Waals surface area contributed by atoms with Crippen LogP contribution in [0.3, 0.4) is 0 Å². The Bertz CT molecular complexity index is 1680. The number of ether oxygens (including phenoxy) is 12. The van der Waals surface area contributed by atoms with Crippen LogP contribution in [0.5, 0.6) is 5.75 Å². The molecule has 75 heavy (non-hydrogen) atoms. The van der Waals surface area contributed by atoms with Crippen LogP contribution in [0, 0.1) is 5.92 Å². The molecule has 1 aromatic carbocycles. The highest BCUT2D eigenvalue weighted by Crippen LogP contribution is 2.26. The molecule has 23 nitrogen and oxygen atoms in total. The summed E-state index contributed by atoms with van der Waals surface area (Å²) in [6.45, 7) is 21.8. The standard InChI is InChI=1S/C52H93N5O18/c1-9-10-16-55-47(60)43(53)13-11-12-17-54-46(59)39-72-33-32-70-29-28-68-25-24-66-21-20-64-18-19-65-22-23-67-26-27-69-30-31-71-34-35-73-49(62)57-44-38-41(14-15-45(44)58)37-42(56-50(63)75-52(6,7)8)36-40(2)48(61)74-51(3,4)5/h14-15,38,40,42-43,58H,9-13,16-37,39,53H2,1-8H3,(H,54,59)(H,55,60)(H,56,63)(H,57,62)/t40?,42-,43+/m1/s1. The van der Waals surface area contributed by atoms with Crippen molar-refractivity contribution in [1.82, 2.24) is 16.0 Å². The fourth-order valence-electron chi connectivity index (χ4n) is 6.37. The molecule has 0 bridgehead atoms. The van der Waals surface area contributed by atoms with E-state index in [-0.39, 0.29) is 62.5 Å². The molecule has 4 amide bonds. The first-order valence-corrected chi connectivity index (χ1v) is 26.3. The molecule has 0 aliphatic carbocycles. The summed E-state index contributed by atoms with van der Waals surface area (Å²) in [5.41, 5.74) is 5.28. The molecule has 434 valence electrons. The van der Waals surface area contributed by atoms with Crippen molar-refractivity contribution in [2.24, 2.45) is 11.7 Å². The SMILES string of the molecule is CCCCNC(=O)[C@@H](N)CCCCNC(=O)COCCOCCOCCOCCOCCOCCOCCOCCOCCOC(=O)Nc1cc(C[C@@H](CC(C)C(=O)OC(C)(C)C)NC(=O)OC(C)(C)C)ccc1O. The third kappa shape index (κ3) is 41.4. The van der Waals surface area contributed by atoms with Gasteiger partial charge in [0.05, 0.1) is 130 Å². The van der Waals surface area contributed by atoms with E-state index in [1.807, 2.05) is 0 Å². The maximum absolute atomic E-state index is 12.7. The van der Waals surface area contributed by atoms with Gasteiger partial charge in [-0.15, -0.1) is 0 Å². The summed E-state index contributed by atoms with van der Waals surface area (Å²) >= 11 is 0. The maximum Gasteiger partial charge on any atom is 0.411 e. The average molecular weight is 1080 g/mol. The van der Waals surface area contributed by atoms with Crippen LogP contribution in [0.1, 0.15) is 99.5 Å². The first-order valence-electron chi connectivity index (χ1n) is 26.3. The van der Waals surface area contributed by atoms with Crippen LogP contribution in [0.2, 0.25) is 0 Å². The Labute approximate surface area is 445 Å². The zero-order chi connectivity index (χ0) is 55.6. The third-order valence-electron chi connectivity index (χ3n) is 10.0. The number of rotatable bonds is 45. The topological polar surface area (TPSA) is 290 Å². The number of carbonyl (C=O) groups is 5. The summed E-state index contributed by atoms with van der Waals surface area (Å²) in [7, 11) is 0. The molecule has 0 spiro atoms. The minimum Gasteiger partial charge on any atom is -0.506 e. The molecule has 7 N–H and O–H groups in total. The zero-order valence-electron chi connectivity index (χ0n) is 46.2. The summed E-state index contributed by atoms with van der Waals surface area (Å²) in [5.74, 6) is -1.45. The van der Waals surface area contributed by atoms with Crippen LogP contribution in [-0.4, -0.2) is 197 Å². The van der Waals surface area contributed by atoms with Crippen molar-refractivity contribution in [3.05, 3.63) is 23.8 Å². The highest BCUT2D eigenvalue weighted by molar-refractivity contribution is 5.86. The first kappa shape index (κ1) is 68.6. The average Bonchev–Trinajstić information content (AvgIpc) is 3.33. The Kier molecular flexibility index (Phi) is 39.0. The summed E-state index contributed by atoms with van der Waals surface area (Å²) < 4.78 is 65.4. The molecule has 1 rings (SSSR count). The lowest BCUT2D eigenvalue weighted by Gasteiger charge is -2.27. The molecule has 0 aliphatic heterocycles. The van der Waals surface area contributed by atoms with Gasteiger partial charge in [0.2, 0.25) is 11.8 Å². The number of alkyl carbamates (subject to hydrolysis) is 1. The molecule has 0 saturated heterocycles. The molecule has 0 aromatic heterocycles. The number of nitrogens with one attached hydrogen (secondary N) is 4. The summed E-state index contributed by atoms with van der Waals surface area (Å²) in [6.07, 6.45) is 3.08. The van der Waals surface area contributed by atoms with Crippen molar-refractivity contribution in [2.45, 2.75) is 124 Å². The zero-order valence-corrected chi connectivity index (χ0v) is 46.2. The number of hydrogen-bond donors (Lipinski definition) is 6. The second-order valence-corrected chi connectivity index (χ2v) is 19.4. The van der Waals surface area contributed by atoms with E-state index < -0.39 is 47.4 Å². The number of phenolic OH excluding ortho intramolecular Hbond substituents is 1. The number of aromatic hydroxyl groups is 1. The summed E-state index contributed by atoms with van der Waals surface area (Å²) in [6, 6.07) is 3.58. The number of nitrogens with two attached hydrogens (primary N) is 1.